The van der Waals surface area contributed by atoms with Crippen LogP contribution in [0.2, 0.25) is 0 Å². The van der Waals surface area contributed by atoms with Crippen molar-refractivity contribution in [1.82, 2.24) is 15.0 Å². The largest absolute Gasteiger partial charge is 0.261 e. The number of nitrogens with zero attached hydrogens (tertiary/aromatic N) is 3. The lowest BCUT2D eigenvalue weighted by Crippen LogP contribution is -2.06. The van der Waals surface area contributed by atoms with Gasteiger partial charge in [0.2, 0.25) is 0 Å². The van der Waals surface area contributed by atoms with E-state index in [1.54, 1.807) is 0 Å². The summed E-state index contributed by atoms with van der Waals surface area (Å²) in [6.45, 7) is 6.16. The summed E-state index contributed by atoms with van der Waals surface area (Å²) in [5, 5.41) is 0. The molecular formula is C14H17N3. The van der Waals surface area contributed by atoms with E-state index in [2.05, 4.69) is 28.8 Å². The molecular weight excluding hydrogens is 210 g/mol. The summed E-state index contributed by atoms with van der Waals surface area (Å²) in [7, 11) is 0. The van der Waals surface area contributed by atoms with E-state index < -0.39 is 0 Å². The highest BCUT2D eigenvalue weighted by Gasteiger charge is 2.08. The maximum Gasteiger partial charge on any atom is 0.125 e. The second-order valence-corrected chi connectivity index (χ2v) is 4.14. The van der Waals surface area contributed by atoms with Gasteiger partial charge in [-0.3, -0.25) is 4.98 Å². The Morgan fingerprint density at radius 3 is 2.47 bits per heavy atom. The van der Waals surface area contributed by atoms with Gasteiger partial charge < -0.3 is 0 Å². The van der Waals surface area contributed by atoms with Gasteiger partial charge in [-0.25, -0.2) is 9.97 Å². The first-order valence-electron chi connectivity index (χ1n) is 5.93. The molecule has 0 aliphatic rings. The summed E-state index contributed by atoms with van der Waals surface area (Å²) < 4.78 is 0. The number of hydrogen-bond acceptors (Lipinski definition) is 3. The van der Waals surface area contributed by atoms with E-state index >= 15 is 0 Å². The number of rotatable bonds is 3. The monoisotopic (exact) mass is 227 g/mol. The average molecular weight is 227 g/mol. The van der Waals surface area contributed by atoms with Gasteiger partial charge in [0.15, 0.2) is 0 Å². The SMILES string of the molecule is CCc1nc(C)nc(Cc2ccccn2)c1C. The van der Waals surface area contributed by atoms with Crippen LogP contribution in [-0.4, -0.2) is 15.0 Å². The fraction of sp³-hybridized carbons (Fsp3) is 0.357. The van der Waals surface area contributed by atoms with E-state index in [4.69, 9.17) is 0 Å². The van der Waals surface area contributed by atoms with Crippen molar-refractivity contribution in [2.24, 2.45) is 0 Å². The number of hydrogen-bond donors (Lipinski definition) is 0. The van der Waals surface area contributed by atoms with Crippen molar-refractivity contribution in [2.45, 2.75) is 33.6 Å². The minimum absolute atomic E-state index is 0.781. The van der Waals surface area contributed by atoms with E-state index in [0.717, 1.165) is 35.7 Å². The lowest BCUT2D eigenvalue weighted by atomic mass is 10.1. The van der Waals surface area contributed by atoms with Gasteiger partial charge in [0.05, 0.1) is 5.69 Å². The third kappa shape index (κ3) is 2.67. The van der Waals surface area contributed by atoms with Crippen LogP contribution in [0.3, 0.4) is 0 Å². The molecule has 2 aromatic rings. The highest BCUT2D eigenvalue weighted by molar-refractivity contribution is 5.28. The van der Waals surface area contributed by atoms with Crippen LogP contribution in [0.15, 0.2) is 24.4 Å². The van der Waals surface area contributed by atoms with Crippen LogP contribution in [0.25, 0.3) is 0 Å². The molecule has 0 aliphatic heterocycles. The van der Waals surface area contributed by atoms with Gasteiger partial charge >= 0.3 is 0 Å². The zero-order valence-corrected chi connectivity index (χ0v) is 10.6. The molecule has 0 spiro atoms. The smallest absolute Gasteiger partial charge is 0.125 e. The van der Waals surface area contributed by atoms with Gasteiger partial charge in [-0.05, 0) is 38.0 Å². The van der Waals surface area contributed by atoms with E-state index in [1.807, 2.05) is 31.3 Å². The Kier molecular flexibility index (Phi) is 3.47. The van der Waals surface area contributed by atoms with Gasteiger partial charge in [-0.2, -0.15) is 0 Å². The van der Waals surface area contributed by atoms with Crippen LogP contribution in [0.4, 0.5) is 0 Å². The quantitative estimate of drug-likeness (QED) is 0.809. The van der Waals surface area contributed by atoms with Gasteiger partial charge in [0, 0.05) is 24.0 Å². The second kappa shape index (κ2) is 5.04. The molecule has 2 heterocycles. The van der Waals surface area contributed by atoms with Crippen molar-refractivity contribution in [3.8, 4) is 0 Å². The molecule has 0 saturated heterocycles. The van der Waals surface area contributed by atoms with Crippen molar-refractivity contribution >= 4 is 0 Å². The molecule has 0 radical (unpaired) electrons. The highest BCUT2D eigenvalue weighted by Crippen LogP contribution is 2.14. The van der Waals surface area contributed by atoms with Crippen molar-refractivity contribution < 1.29 is 0 Å². The van der Waals surface area contributed by atoms with Crippen molar-refractivity contribution in [3.05, 3.63) is 52.9 Å². The van der Waals surface area contributed by atoms with Crippen molar-refractivity contribution in [2.75, 3.05) is 0 Å². The van der Waals surface area contributed by atoms with Gasteiger partial charge in [0.1, 0.15) is 5.82 Å². The molecule has 0 atom stereocenters. The number of pyridine rings is 1. The Balaban J connectivity index is 2.36. The summed E-state index contributed by atoms with van der Waals surface area (Å²) in [4.78, 5) is 13.3. The molecule has 88 valence electrons. The zero-order valence-electron chi connectivity index (χ0n) is 10.6. The van der Waals surface area contributed by atoms with E-state index in [0.29, 0.717) is 0 Å². The van der Waals surface area contributed by atoms with Crippen molar-refractivity contribution in [3.63, 3.8) is 0 Å². The normalized spacial score (nSPS) is 10.5. The molecule has 0 bridgehead atoms. The molecule has 0 saturated carbocycles. The first-order chi connectivity index (χ1) is 8.20. The standard InChI is InChI=1S/C14H17N3/c1-4-13-10(2)14(17-11(3)16-13)9-12-7-5-6-8-15-12/h5-8H,4,9H2,1-3H3. The minimum atomic E-state index is 0.781. The predicted octanol–water partition coefficient (Wildman–Crippen LogP) is 2.64. The first-order valence-corrected chi connectivity index (χ1v) is 5.93. The van der Waals surface area contributed by atoms with Crippen LogP contribution < -0.4 is 0 Å². The predicted molar refractivity (Wildman–Crippen MR) is 67.9 cm³/mol. The van der Waals surface area contributed by atoms with E-state index in [1.165, 1.54) is 5.56 Å². The molecule has 2 rings (SSSR count). The number of aromatic nitrogens is 3. The zero-order chi connectivity index (χ0) is 12.3. The Hall–Kier alpha value is -1.77. The molecule has 17 heavy (non-hydrogen) atoms. The Morgan fingerprint density at radius 1 is 1.06 bits per heavy atom. The molecule has 0 aliphatic carbocycles. The Labute approximate surface area is 102 Å². The van der Waals surface area contributed by atoms with Crippen LogP contribution >= 0.6 is 0 Å². The van der Waals surface area contributed by atoms with Crippen molar-refractivity contribution in [1.29, 1.82) is 0 Å². The van der Waals surface area contributed by atoms with Crippen LogP contribution in [0.5, 0.6) is 0 Å². The Morgan fingerprint density at radius 2 is 1.82 bits per heavy atom. The lowest BCUT2D eigenvalue weighted by molar-refractivity contribution is 0.870. The fourth-order valence-corrected chi connectivity index (χ4v) is 1.94. The first kappa shape index (κ1) is 11.7. The van der Waals surface area contributed by atoms with E-state index in [-0.39, 0.29) is 0 Å². The van der Waals surface area contributed by atoms with E-state index in [9.17, 15) is 0 Å². The summed E-state index contributed by atoms with van der Waals surface area (Å²) in [6.07, 6.45) is 3.55. The molecule has 0 fully saturated rings. The molecule has 0 aromatic carbocycles. The Bertz CT molecular complexity index is 506. The maximum absolute atomic E-state index is 4.53. The van der Waals surface area contributed by atoms with Gasteiger partial charge in [-0.1, -0.05) is 13.0 Å². The van der Waals surface area contributed by atoms with Gasteiger partial charge in [-0.15, -0.1) is 0 Å². The molecule has 0 unspecified atom stereocenters. The van der Waals surface area contributed by atoms with Crippen LogP contribution in [-0.2, 0) is 12.8 Å². The summed E-state index contributed by atoms with van der Waals surface area (Å²) in [5.41, 5.74) is 4.48. The molecule has 3 heteroatoms. The number of aryl methyl sites for hydroxylation is 2. The minimum Gasteiger partial charge on any atom is -0.261 e. The van der Waals surface area contributed by atoms with Crippen LogP contribution in [0.1, 0.15) is 35.4 Å². The average Bonchev–Trinajstić information content (AvgIpc) is 2.34. The maximum atomic E-state index is 4.53. The molecule has 3 nitrogen and oxygen atoms in total. The molecule has 2 aromatic heterocycles. The fourth-order valence-electron chi connectivity index (χ4n) is 1.94. The molecule has 0 N–H and O–H groups in total. The van der Waals surface area contributed by atoms with Gasteiger partial charge in [0.25, 0.3) is 0 Å². The highest BCUT2D eigenvalue weighted by atomic mass is 14.9. The third-order valence-electron chi connectivity index (χ3n) is 2.87. The summed E-state index contributed by atoms with van der Waals surface area (Å²) in [6, 6.07) is 5.97. The summed E-state index contributed by atoms with van der Waals surface area (Å²) >= 11 is 0. The van der Waals surface area contributed by atoms with Crippen LogP contribution in [0, 0.1) is 13.8 Å². The lowest BCUT2D eigenvalue weighted by Gasteiger charge is -2.09. The third-order valence-corrected chi connectivity index (χ3v) is 2.87. The second-order valence-electron chi connectivity index (χ2n) is 4.14. The topological polar surface area (TPSA) is 38.7 Å². The molecule has 0 amide bonds. The summed E-state index contributed by atoms with van der Waals surface area (Å²) in [5.74, 6) is 0.846.